The summed E-state index contributed by atoms with van der Waals surface area (Å²) in [6.45, 7) is 1.55. The van der Waals surface area contributed by atoms with E-state index in [1.807, 2.05) is 0 Å². The Morgan fingerprint density at radius 3 is 2.40 bits per heavy atom. The number of alkyl halides is 3. The Morgan fingerprint density at radius 2 is 1.76 bits per heavy atom. The lowest BCUT2D eigenvalue weighted by Crippen LogP contribution is -2.37. The number of para-hydroxylation sites is 1. The molecule has 4 aromatic rings. The molecule has 0 bridgehead atoms. The average Bonchev–Trinajstić information content (AvgIpc) is 3.53. The Hall–Kier alpha value is -4.76. The molecule has 0 aliphatic carbocycles. The fourth-order valence-electron chi connectivity index (χ4n) is 3.73. The summed E-state index contributed by atoms with van der Waals surface area (Å²) < 4.78 is 42.1. The Kier molecular flexibility index (Phi) is 8.63. The van der Waals surface area contributed by atoms with Gasteiger partial charge in [0.15, 0.2) is 17.8 Å². The summed E-state index contributed by atoms with van der Waals surface area (Å²) in [5.41, 5.74) is 5.72. The van der Waals surface area contributed by atoms with Crippen molar-refractivity contribution in [3.63, 3.8) is 0 Å². The van der Waals surface area contributed by atoms with E-state index < -0.39 is 36.3 Å². The Morgan fingerprint density at radius 1 is 1.10 bits per heavy atom. The lowest BCUT2D eigenvalue weighted by Gasteiger charge is -2.15. The van der Waals surface area contributed by atoms with E-state index in [9.17, 15) is 32.7 Å². The largest absolute Gasteiger partial charge is 0.416 e. The van der Waals surface area contributed by atoms with Crippen LogP contribution in [0.15, 0.2) is 70.9 Å². The van der Waals surface area contributed by atoms with Crippen LogP contribution in [0.2, 0.25) is 5.02 Å². The van der Waals surface area contributed by atoms with Gasteiger partial charge in [0.05, 0.1) is 17.8 Å². The van der Waals surface area contributed by atoms with Gasteiger partial charge in [-0.25, -0.2) is 19.1 Å². The molecule has 0 saturated heterocycles. The number of aliphatic hydroxyl groups is 1. The minimum Gasteiger partial charge on any atom is -0.402 e. The minimum absolute atomic E-state index is 0.0320. The first kappa shape index (κ1) is 30.2. The molecule has 4 rings (SSSR count). The Bertz CT molecular complexity index is 1720. The fraction of sp³-hybridized carbons (Fsp3) is 0.231. The number of allylic oxidation sites excluding steroid dienone is 1. The van der Waals surface area contributed by atoms with Gasteiger partial charge in [-0.05, 0) is 50.2 Å². The van der Waals surface area contributed by atoms with E-state index in [2.05, 4.69) is 20.5 Å². The van der Waals surface area contributed by atoms with E-state index in [4.69, 9.17) is 17.3 Å². The molecule has 16 heteroatoms. The van der Waals surface area contributed by atoms with Crippen LogP contribution in [0, 0.1) is 0 Å². The maximum Gasteiger partial charge on any atom is 0.416 e. The number of nitrogens with two attached hydrogens (primary N) is 1. The summed E-state index contributed by atoms with van der Waals surface area (Å²) in [5.74, 6) is -1.50. The SMILES string of the molecule is CC(N)=C(C)C(=O)NC(=O)c1ccccc1-n1cnc(Cn2nc(-c3ccc(Cl)cc3)n(C[C@H](O)C(F)(F)F)c2=O)n1. The third-order valence-corrected chi connectivity index (χ3v) is 6.40. The summed E-state index contributed by atoms with van der Waals surface area (Å²) >= 11 is 5.91. The number of aliphatic hydroxyl groups excluding tert-OH is 1. The number of halogens is 4. The molecule has 2 aromatic carbocycles. The second-order valence-corrected chi connectivity index (χ2v) is 9.59. The van der Waals surface area contributed by atoms with Crippen LogP contribution in [0.4, 0.5) is 13.2 Å². The highest BCUT2D eigenvalue weighted by Gasteiger charge is 2.39. The number of carbonyl (C=O) groups excluding carboxylic acids is 2. The minimum atomic E-state index is -4.97. The second-order valence-electron chi connectivity index (χ2n) is 9.15. The van der Waals surface area contributed by atoms with Crippen LogP contribution >= 0.6 is 11.6 Å². The second kappa shape index (κ2) is 12.0. The van der Waals surface area contributed by atoms with Crippen molar-refractivity contribution in [2.75, 3.05) is 0 Å². The number of hydrogen-bond acceptors (Lipinski definition) is 8. The number of carbonyl (C=O) groups is 2. The first-order valence-electron chi connectivity index (χ1n) is 12.2. The van der Waals surface area contributed by atoms with Crippen molar-refractivity contribution < 1.29 is 27.9 Å². The summed E-state index contributed by atoms with van der Waals surface area (Å²) in [4.78, 5) is 42.4. The average molecular weight is 605 g/mol. The molecule has 0 fully saturated rings. The first-order valence-corrected chi connectivity index (χ1v) is 12.6. The molecule has 0 aliphatic heterocycles. The standard InChI is InChI=1S/C26H24ClF3N8O4/c1-14(15(2)31)23(40)33-24(41)18-5-3-4-6-19(18)38-13-32-21(34-38)12-37-25(42)36(11-20(39)26(28,29)30)22(35-37)16-7-9-17(27)10-8-16/h3-10,13,20,39H,11-12,31H2,1-2H3,(H,33,40,41)/t20-/m0/s1. The van der Waals surface area contributed by atoms with Crippen molar-refractivity contribution >= 4 is 23.4 Å². The molecule has 0 unspecified atom stereocenters. The zero-order valence-corrected chi connectivity index (χ0v) is 22.9. The number of nitrogens with one attached hydrogen (secondary N) is 1. The summed E-state index contributed by atoms with van der Waals surface area (Å²) in [6.07, 6.45) is -6.53. The van der Waals surface area contributed by atoms with Gasteiger partial charge in [0.1, 0.15) is 12.9 Å². The monoisotopic (exact) mass is 604 g/mol. The number of benzene rings is 2. The van der Waals surface area contributed by atoms with Gasteiger partial charge in [-0.1, -0.05) is 23.7 Å². The highest BCUT2D eigenvalue weighted by molar-refractivity contribution is 6.30. The summed E-state index contributed by atoms with van der Waals surface area (Å²) in [7, 11) is 0. The van der Waals surface area contributed by atoms with Crippen LogP contribution in [0.1, 0.15) is 30.0 Å². The molecule has 2 aromatic heterocycles. The molecule has 0 spiro atoms. The highest BCUT2D eigenvalue weighted by Crippen LogP contribution is 2.24. The van der Waals surface area contributed by atoms with E-state index in [0.717, 1.165) is 4.68 Å². The predicted octanol–water partition coefficient (Wildman–Crippen LogP) is 2.43. The van der Waals surface area contributed by atoms with Gasteiger partial charge >= 0.3 is 11.9 Å². The maximum atomic E-state index is 13.1. The number of nitrogens with zero attached hydrogens (tertiary/aromatic N) is 6. The van der Waals surface area contributed by atoms with Gasteiger partial charge in [-0.15, -0.1) is 10.2 Å². The van der Waals surface area contributed by atoms with Gasteiger partial charge in [-0.3, -0.25) is 19.5 Å². The van der Waals surface area contributed by atoms with Crippen molar-refractivity contribution in [1.29, 1.82) is 0 Å². The smallest absolute Gasteiger partial charge is 0.402 e. The predicted molar refractivity (Wildman–Crippen MR) is 144 cm³/mol. The number of amides is 2. The highest BCUT2D eigenvalue weighted by atomic mass is 35.5. The Labute approximate surface area is 240 Å². The van der Waals surface area contributed by atoms with Crippen molar-refractivity contribution in [3.05, 3.63) is 93.0 Å². The van der Waals surface area contributed by atoms with Gasteiger partial charge < -0.3 is 10.8 Å². The fourth-order valence-corrected chi connectivity index (χ4v) is 3.85. The Balaban J connectivity index is 1.65. The molecule has 1 atom stereocenters. The van der Waals surface area contributed by atoms with Gasteiger partial charge in [0, 0.05) is 21.9 Å². The third kappa shape index (κ3) is 6.58. The normalized spacial score (nSPS) is 13.0. The number of aromatic nitrogens is 6. The van der Waals surface area contributed by atoms with Gasteiger partial charge in [0.2, 0.25) is 0 Å². The van der Waals surface area contributed by atoms with Crippen LogP contribution in [0.3, 0.4) is 0 Å². The van der Waals surface area contributed by atoms with E-state index in [1.54, 1.807) is 18.2 Å². The number of hydrogen-bond donors (Lipinski definition) is 3. The van der Waals surface area contributed by atoms with Crippen molar-refractivity contribution in [2.45, 2.75) is 39.2 Å². The van der Waals surface area contributed by atoms with E-state index in [1.165, 1.54) is 55.2 Å². The molecular weight excluding hydrogens is 581 g/mol. The first-order chi connectivity index (χ1) is 19.8. The molecule has 4 N–H and O–H groups in total. The van der Waals surface area contributed by atoms with Crippen LogP contribution in [0.5, 0.6) is 0 Å². The van der Waals surface area contributed by atoms with Crippen molar-refractivity contribution in [3.8, 4) is 17.1 Å². The van der Waals surface area contributed by atoms with Crippen molar-refractivity contribution in [1.82, 2.24) is 34.4 Å². The van der Waals surface area contributed by atoms with Crippen LogP contribution in [-0.2, 0) is 17.9 Å². The van der Waals surface area contributed by atoms with Crippen LogP contribution in [-0.4, -0.2) is 58.3 Å². The molecule has 2 heterocycles. The molecule has 12 nitrogen and oxygen atoms in total. The summed E-state index contributed by atoms with van der Waals surface area (Å²) in [6, 6.07) is 12.1. The van der Waals surface area contributed by atoms with Gasteiger partial charge in [0.25, 0.3) is 11.8 Å². The van der Waals surface area contributed by atoms with Crippen molar-refractivity contribution in [2.24, 2.45) is 5.73 Å². The molecule has 0 aliphatic rings. The molecule has 220 valence electrons. The van der Waals surface area contributed by atoms with E-state index in [0.29, 0.717) is 9.59 Å². The molecule has 42 heavy (non-hydrogen) atoms. The topological polar surface area (TPSA) is 163 Å². The molecule has 0 radical (unpaired) electrons. The quantitative estimate of drug-likeness (QED) is 0.258. The van der Waals surface area contributed by atoms with E-state index in [-0.39, 0.29) is 46.3 Å². The number of rotatable bonds is 8. The molecule has 2 amide bonds. The van der Waals surface area contributed by atoms with Crippen LogP contribution in [0.25, 0.3) is 17.1 Å². The van der Waals surface area contributed by atoms with Crippen LogP contribution < -0.4 is 16.7 Å². The zero-order valence-electron chi connectivity index (χ0n) is 22.1. The lowest BCUT2D eigenvalue weighted by molar-refractivity contribution is -0.207. The number of imide groups is 1. The zero-order chi connectivity index (χ0) is 30.8. The molecular formula is C26H24ClF3N8O4. The van der Waals surface area contributed by atoms with E-state index >= 15 is 0 Å². The molecule has 0 saturated carbocycles. The lowest BCUT2D eigenvalue weighted by atomic mass is 10.1. The maximum absolute atomic E-state index is 13.1. The summed E-state index contributed by atoms with van der Waals surface area (Å²) in [5, 5.41) is 20.7. The third-order valence-electron chi connectivity index (χ3n) is 6.14. The van der Waals surface area contributed by atoms with Gasteiger partial charge in [-0.2, -0.15) is 13.2 Å².